The summed E-state index contributed by atoms with van der Waals surface area (Å²) in [6.45, 7) is 1.64. The van der Waals surface area contributed by atoms with Crippen LogP contribution in [0.2, 0.25) is 0 Å². The van der Waals surface area contributed by atoms with E-state index in [9.17, 15) is 18.8 Å². The van der Waals surface area contributed by atoms with Crippen molar-refractivity contribution in [3.8, 4) is 5.69 Å². The van der Waals surface area contributed by atoms with Gasteiger partial charge < -0.3 is 5.32 Å². The van der Waals surface area contributed by atoms with E-state index in [1.807, 2.05) is 6.07 Å². The molecule has 4 rings (SSSR count). The highest BCUT2D eigenvalue weighted by Crippen LogP contribution is 2.18. The molecule has 0 saturated carbocycles. The maximum Gasteiger partial charge on any atom is 0.329 e. The number of nitrogens with one attached hydrogen (secondary N) is 2. The first-order valence-corrected chi connectivity index (χ1v) is 8.90. The van der Waals surface area contributed by atoms with Crippen LogP contribution >= 0.6 is 0 Å². The number of amides is 3. The normalized spacial score (nSPS) is 15.2. The van der Waals surface area contributed by atoms with Crippen LogP contribution in [0.15, 0.2) is 65.1 Å². The molecule has 146 valence electrons. The second kappa shape index (κ2) is 7.23. The van der Waals surface area contributed by atoms with Crippen LogP contribution < -0.4 is 10.9 Å². The lowest BCUT2D eigenvalue weighted by molar-refractivity contribution is -0.123. The van der Waals surface area contributed by atoms with E-state index in [2.05, 4.69) is 10.4 Å². The quantitative estimate of drug-likeness (QED) is 0.529. The zero-order valence-electron chi connectivity index (χ0n) is 15.5. The van der Waals surface area contributed by atoms with Gasteiger partial charge in [0, 0.05) is 5.69 Å². The van der Waals surface area contributed by atoms with Crippen molar-refractivity contribution < 1.29 is 14.0 Å². The topological polar surface area (TPSA) is 87.2 Å². The van der Waals surface area contributed by atoms with Crippen molar-refractivity contribution in [3.05, 3.63) is 93.3 Å². The van der Waals surface area contributed by atoms with Crippen molar-refractivity contribution in [2.45, 2.75) is 13.5 Å². The number of carbonyl (C=O) groups excluding carboxylic acids is 2. The molecule has 29 heavy (non-hydrogen) atoms. The number of nitrogens with zero attached hydrogens (tertiary/aromatic N) is 2. The van der Waals surface area contributed by atoms with Crippen LogP contribution in [0, 0.1) is 12.7 Å². The summed E-state index contributed by atoms with van der Waals surface area (Å²) in [7, 11) is 0. The van der Waals surface area contributed by atoms with Crippen molar-refractivity contribution in [2.75, 3.05) is 0 Å². The molecule has 0 radical (unpaired) electrons. The minimum Gasteiger partial charge on any atom is -0.303 e. The summed E-state index contributed by atoms with van der Waals surface area (Å²) in [4.78, 5) is 38.7. The fraction of sp³-hybridized carbons (Fsp3) is 0.0952. The van der Waals surface area contributed by atoms with E-state index in [0.29, 0.717) is 16.9 Å². The van der Waals surface area contributed by atoms with E-state index in [-0.39, 0.29) is 23.4 Å². The molecule has 0 spiro atoms. The summed E-state index contributed by atoms with van der Waals surface area (Å²) in [5, 5.41) is 5.45. The van der Waals surface area contributed by atoms with Gasteiger partial charge in [0.1, 0.15) is 11.5 Å². The third-order valence-corrected chi connectivity index (χ3v) is 4.61. The van der Waals surface area contributed by atoms with Crippen LogP contribution in [0.1, 0.15) is 16.8 Å². The molecule has 0 bridgehead atoms. The number of aromatic amines is 1. The average Bonchev–Trinajstić information content (AvgIpc) is 3.14. The third kappa shape index (κ3) is 3.47. The zero-order valence-corrected chi connectivity index (χ0v) is 15.5. The van der Waals surface area contributed by atoms with E-state index in [1.165, 1.54) is 29.0 Å². The summed E-state index contributed by atoms with van der Waals surface area (Å²) in [6.07, 6.45) is 1.36. The molecular formula is C21H17FN4O3. The second-order valence-corrected chi connectivity index (χ2v) is 6.64. The zero-order chi connectivity index (χ0) is 20.5. The van der Waals surface area contributed by atoms with Crippen molar-refractivity contribution in [1.29, 1.82) is 0 Å². The Kier molecular flexibility index (Phi) is 4.59. The van der Waals surface area contributed by atoms with Crippen molar-refractivity contribution >= 4 is 18.0 Å². The minimum atomic E-state index is -0.623. The smallest absolute Gasteiger partial charge is 0.303 e. The molecule has 2 heterocycles. The Morgan fingerprint density at radius 2 is 1.79 bits per heavy atom. The molecule has 1 saturated heterocycles. The average molecular weight is 392 g/mol. The fourth-order valence-corrected chi connectivity index (χ4v) is 3.17. The van der Waals surface area contributed by atoms with Gasteiger partial charge in [0.2, 0.25) is 0 Å². The molecule has 1 aromatic heterocycles. The third-order valence-electron chi connectivity index (χ3n) is 4.61. The maximum atomic E-state index is 13.4. The van der Waals surface area contributed by atoms with Crippen LogP contribution in [-0.4, -0.2) is 26.6 Å². The second-order valence-electron chi connectivity index (χ2n) is 6.64. The van der Waals surface area contributed by atoms with Gasteiger partial charge in [0.05, 0.1) is 17.8 Å². The van der Waals surface area contributed by atoms with Crippen LogP contribution in [0.25, 0.3) is 11.8 Å². The molecule has 0 atom stereocenters. The van der Waals surface area contributed by atoms with Gasteiger partial charge in [-0.2, -0.15) is 0 Å². The standard InChI is InChI=1S/C21H17FN4O3/c1-13-17(19(27)26(24-13)16-8-3-2-4-9-16)11-18-20(28)25(21(29)23-18)12-14-6-5-7-15(22)10-14/h2-11,24H,12H2,1H3,(H,23,29)/b18-11-. The van der Waals surface area contributed by atoms with Crippen LogP contribution in [0.4, 0.5) is 9.18 Å². The Balaban J connectivity index is 1.64. The molecule has 2 N–H and O–H groups in total. The number of aryl methyl sites for hydroxylation is 1. The van der Waals surface area contributed by atoms with Crippen LogP contribution in [0.3, 0.4) is 0 Å². The number of halogens is 1. The Labute approximate surface area is 165 Å². The van der Waals surface area contributed by atoms with Gasteiger partial charge in [0.15, 0.2) is 0 Å². The van der Waals surface area contributed by atoms with Gasteiger partial charge in [-0.15, -0.1) is 0 Å². The molecule has 1 aliphatic heterocycles. The SMILES string of the molecule is Cc1[nH]n(-c2ccccc2)c(=O)c1/C=C1\NC(=O)N(Cc2cccc(F)c2)C1=O. The number of H-pyrrole nitrogens is 1. The largest absolute Gasteiger partial charge is 0.329 e. The maximum absolute atomic E-state index is 13.4. The first kappa shape index (κ1) is 18.4. The van der Waals surface area contributed by atoms with E-state index < -0.39 is 17.8 Å². The Morgan fingerprint density at radius 1 is 1.03 bits per heavy atom. The highest BCUT2D eigenvalue weighted by atomic mass is 19.1. The van der Waals surface area contributed by atoms with E-state index in [0.717, 1.165) is 4.90 Å². The van der Waals surface area contributed by atoms with Crippen molar-refractivity contribution in [1.82, 2.24) is 20.0 Å². The number of carbonyl (C=O) groups is 2. The Hall–Kier alpha value is -3.94. The van der Waals surface area contributed by atoms with Crippen molar-refractivity contribution in [3.63, 3.8) is 0 Å². The first-order valence-electron chi connectivity index (χ1n) is 8.90. The molecule has 0 aliphatic carbocycles. The van der Waals surface area contributed by atoms with Crippen LogP contribution in [0.5, 0.6) is 0 Å². The van der Waals surface area contributed by atoms with Gasteiger partial charge in [-0.1, -0.05) is 30.3 Å². The molecule has 7 nitrogen and oxygen atoms in total. The van der Waals surface area contributed by atoms with E-state index in [4.69, 9.17) is 0 Å². The number of hydrogen-bond donors (Lipinski definition) is 2. The molecule has 2 aromatic carbocycles. The number of aromatic nitrogens is 2. The van der Waals surface area contributed by atoms with Crippen LogP contribution in [-0.2, 0) is 11.3 Å². The van der Waals surface area contributed by atoms with Gasteiger partial charge in [-0.25, -0.2) is 13.9 Å². The highest BCUT2D eigenvalue weighted by molar-refractivity contribution is 6.13. The molecule has 0 unspecified atom stereocenters. The predicted molar refractivity (Wildman–Crippen MR) is 105 cm³/mol. The van der Waals surface area contributed by atoms with Gasteiger partial charge >= 0.3 is 6.03 Å². The summed E-state index contributed by atoms with van der Waals surface area (Å²) >= 11 is 0. The fourth-order valence-electron chi connectivity index (χ4n) is 3.17. The number of benzene rings is 2. The van der Waals surface area contributed by atoms with Gasteiger partial charge in [0.25, 0.3) is 11.5 Å². The Bertz CT molecular complexity index is 1190. The number of urea groups is 1. The number of para-hydroxylation sites is 1. The number of hydrogen-bond acceptors (Lipinski definition) is 3. The van der Waals surface area contributed by atoms with Gasteiger partial charge in [-0.05, 0) is 42.8 Å². The molecular weight excluding hydrogens is 375 g/mol. The summed E-state index contributed by atoms with van der Waals surface area (Å²) < 4.78 is 14.7. The Morgan fingerprint density at radius 3 is 2.52 bits per heavy atom. The number of imide groups is 1. The summed E-state index contributed by atoms with van der Waals surface area (Å²) in [6, 6.07) is 14.1. The van der Waals surface area contributed by atoms with Crippen molar-refractivity contribution in [2.24, 2.45) is 0 Å². The minimum absolute atomic E-state index is 0.00850. The summed E-state index contributed by atoms with van der Waals surface area (Å²) in [5.74, 6) is -1.03. The lowest BCUT2D eigenvalue weighted by Crippen LogP contribution is -2.30. The molecule has 3 amide bonds. The number of rotatable bonds is 4. The molecule has 8 heteroatoms. The van der Waals surface area contributed by atoms with Gasteiger partial charge in [-0.3, -0.25) is 19.6 Å². The van der Waals surface area contributed by atoms with E-state index in [1.54, 1.807) is 37.3 Å². The lowest BCUT2D eigenvalue weighted by atomic mass is 10.2. The lowest BCUT2D eigenvalue weighted by Gasteiger charge is -2.11. The first-order chi connectivity index (χ1) is 13.9. The molecule has 1 aliphatic rings. The monoisotopic (exact) mass is 392 g/mol. The molecule has 1 fully saturated rings. The molecule has 3 aromatic rings. The predicted octanol–water partition coefficient (Wildman–Crippen LogP) is 2.71. The highest BCUT2D eigenvalue weighted by Gasteiger charge is 2.34. The van der Waals surface area contributed by atoms with E-state index >= 15 is 0 Å². The summed E-state index contributed by atoms with van der Waals surface area (Å²) in [5.41, 5.74) is 1.61.